The van der Waals surface area contributed by atoms with Gasteiger partial charge in [-0.25, -0.2) is 0 Å². The molecular formula is C10H8Cl10. The second kappa shape index (κ2) is 6.32. The molecule has 0 N–H and O–H groups in total. The first-order valence-corrected chi connectivity index (χ1v) is 9.86. The molecule has 0 aromatic heterocycles. The average molecular weight is 483 g/mol. The Morgan fingerprint density at radius 1 is 0.600 bits per heavy atom. The van der Waals surface area contributed by atoms with E-state index < -0.39 is 52.8 Å². The molecule has 2 bridgehead atoms. The molecular weight excluding hydrogens is 475 g/mol. The molecule has 0 aliphatic heterocycles. The van der Waals surface area contributed by atoms with Crippen LogP contribution in [-0.2, 0) is 0 Å². The fourth-order valence-corrected chi connectivity index (χ4v) is 9.49. The zero-order valence-corrected chi connectivity index (χ0v) is 17.0. The van der Waals surface area contributed by atoms with Gasteiger partial charge < -0.3 is 0 Å². The Morgan fingerprint density at radius 2 is 0.950 bits per heavy atom. The maximum absolute atomic E-state index is 6.47. The monoisotopic (exact) mass is 478 g/mol. The highest BCUT2D eigenvalue weighted by atomic mass is 35.5. The van der Waals surface area contributed by atoms with Gasteiger partial charge in [-0.15, -0.1) is 116 Å². The second-order valence-electron chi connectivity index (χ2n) is 4.99. The van der Waals surface area contributed by atoms with Crippen LogP contribution in [0.1, 0.15) is 0 Å². The molecule has 0 spiro atoms. The first-order chi connectivity index (χ1) is 9.09. The van der Waals surface area contributed by atoms with E-state index in [9.17, 15) is 0 Å². The van der Waals surface area contributed by atoms with Crippen LogP contribution in [0.5, 0.6) is 0 Å². The Balaban J connectivity index is 2.78. The molecule has 2 rings (SSSR count). The van der Waals surface area contributed by atoms with Crippen molar-refractivity contribution in [3.8, 4) is 0 Å². The highest BCUT2D eigenvalue weighted by Gasteiger charge is 2.84. The summed E-state index contributed by atoms with van der Waals surface area (Å²) in [5, 5.41) is -2.64. The van der Waals surface area contributed by atoms with Gasteiger partial charge in [0.1, 0.15) is 14.5 Å². The molecule has 2 saturated carbocycles. The highest BCUT2D eigenvalue weighted by molar-refractivity contribution is 6.52. The van der Waals surface area contributed by atoms with Gasteiger partial charge >= 0.3 is 0 Å². The van der Waals surface area contributed by atoms with Crippen molar-refractivity contribution in [3.05, 3.63) is 0 Å². The lowest BCUT2D eigenvalue weighted by molar-refractivity contribution is 0.135. The van der Waals surface area contributed by atoms with Crippen LogP contribution >= 0.6 is 116 Å². The molecule has 10 heteroatoms. The normalized spacial score (nSPS) is 47.0. The summed E-state index contributed by atoms with van der Waals surface area (Å²) in [7, 11) is 0. The van der Waals surface area contributed by atoms with Gasteiger partial charge in [0, 0.05) is 16.7 Å². The summed E-state index contributed by atoms with van der Waals surface area (Å²) >= 11 is 63.0. The second-order valence-corrected chi connectivity index (χ2v) is 10.2. The summed E-state index contributed by atoms with van der Waals surface area (Å²) < 4.78 is 0. The lowest BCUT2D eigenvalue weighted by Crippen LogP contribution is -2.56. The molecule has 2 aliphatic carbocycles. The summed E-state index contributed by atoms with van der Waals surface area (Å²) in [6.07, 6.45) is 0. The molecule has 20 heavy (non-hydrogen) atoms. The summed E-state index contributed by atoms with van der Waals surface area (Å²) in [6, 6.07) is 0. The zero-order valence-electron chi connectivity index (χ0n) is 9.40. The number of hydrogen-bond donors (Lipinski definition) is 0. The van der Waals surface area contributed by atoms with Crippen LogP contribution in [0.4, 0.5) is 0 Å². The van der Waals surface area contributed by atoms with Gasteiger partial charge in [0.15, 0.2) is 0 Å². The third kappa shape index (κ3) is 2.03. The molecule has 0 saturated heterocycles. The number of fused-ring (bicyclic) bond motifs is 2. The van der Waals surface area contributed by atoms with Crippen molar-refractivity contribution in [2.45, 2.75) is 36.0 Å². The first-order valence-electron chi connectivity index (χ1n) is 5.50. The van der Waals surface area contributed by atoms with E-state index in [1.165, 1.54) is 0 Å². The summed E-state index contributed by atoms with van der Waals surface area (Å²) in [5.74, 6) is -0.518. The molecule has 4 atom stereocenters. The van der Waals surface area contributed by atoms with Crippen LogP contribution in [0.3, 0.4) is 0 Å². The van der Waals surface area contributed by atoms with E-state index in [0.717, 1.165) is 0 Å². The largest absolute Gasteiger partial charge is 0.121 e. The van der Waals surface area contributed by atoms with Crippen molar-refractivity contribution in [2.75, 3.05) is 0 Å². The minimum atomic E-state index is -1.20. The SMILES string of the molecule is ClC(Cl)C1(C(Cl)Cl)C2[C@H](Cl)[C@@H](Cl)C1(C(Cl)Cl)[C@H](Cl)[C@H]2Cl. The Labute approximate surface area is 167 Å². The molecule has 0 amide bonds. The van der Waals surface area contributed by atoms with E-state index in [0.29, 0.717) is 0 Å². The summed E-state index contributed by atoms with van der Waals surface area (Å²) in [4.78, 5) is -3.12. The Bertz CT molecular complexity index is 347. The van der Waals surface area contributed by atoms with Crippen molar-refractivity contribution >= 4 is 116 Å². The van der Waals surface area contributed by atoms with Gasteiger partial charge in [0.05, 0.1) is 21.5 Å². The fraction of sp³-hybridized carbons (Fsp3) is 1.00. The summed E-state index contributed by atoms with van der Waals surface area (Å²) in [6.45, 7) is 0. The molecule has 0 aromatic rings. The van der Waals surface area contributed by atoms with Gasteiger partial charge in [-0.05, 0) is 0 Å². The van der Waals surface area contributed by atoms with Crippen molar-refractivity contribution in [1.29, 1.82) is 0 Å². The van der Waals surface area contributed by atoms with Gasteiger partial charge in [-0.2, -0.15) is 0 Å². The highest BCUT2D eigenvalue weighted by Crippen LogP contribution is 2.77. The van der Waals surface area contributed by atoms with Crippen molar-refractivity contribution in [1.82, 2.24) is 0 Å². The van der Waals surface area contributed by atoms with Crippen molar-refractivity contribution < 1.29 is 0 Å². The zero-order chi connectivity index (χ0) is 15.6. The minimum absolute atomic E-state index is 0.518. The standard InChI is InChI=1S/C10H8Cl10/c11-2-1-3(12)5(14)10(4(2)13,8(19)20)9(1,6(15)16)7(17)18/h1-8H/t1?,2-,3-,4+,5+,10?/m0/s1. The molecule has 0 unspecified atom stereocenters. The van der Waals surface area contributed by atoms with E-state index in [-0.39, 0.29) is 0 Å². The third-order valence-corrected chi connectivity index (χ3v) is 9.28. The van der Waals surface area contributed by atoms with Crippen LogP contribution in [0.2, 0.25) is 0 Å². The molecule has 2 fully saturated rings. The predicted molar refractivity (Wildman–Crippen MR) is 93.4 cm³/mol. The molecule has 2 aliphatic rings. The quantitative estimate of drug-likeness (QED) is 0.406. The first kappa shape index (κ1) is 19.2. The third-order valence-electron chi connectivity index (χ3n) is 4.54. The van der Waals surface area contributed by atoms with Gasteiger partial charge in [0.25, 0.3) is 0 Å². The van der Waals surface area contributed by atoms with Gasteiger partial charge in [-0.3, -0.25) is 0 Å². The number of alkyl halides is 10. The van der Waals surface area contributed by atoms with Crippen molar-refractivity contribution in [3.63, 3.8) is 0 Å². The fourth-order valence-electron chi connectivity index (χ4n) is 3.71. The minimum Gasteiger partial charge on any atom is -0.121 e. The number of rotatable bonds is 3. The molecule has 0 aromatic carbocycles. The Kier molecular flexibility index (Phi) is 6.08. The van der Waals surface area contributed by atoms with Crippen LogP contribution in [0, 0.1) is 16.7 Å². The van der Waals surface area contributed by atoms with E-state index in [4.69, 9.17) is 116 Å². The van der Waals surface area contributed by atoms with E-state index in [1.807, 2.05) is 0 Å². The van der Waals surface area contributed by atoms with Gasteiger partial charge in [-0.1, -0.05) is 0 Å². The molecule has 0 nitrogen and oxygen atoms in total. The number of halogens is 10. The van der Waals surface area contributed by atoms with Gasteiger partial charge in [0.2, 0.25) is 0 Å². The maximum Gasteiger partial charge on any atom is 0.117 e. The predicted octanol–water partition coefficient (Wildman–Crippen LogP) is 6.44. The maximum atomic E-state index is 6.47. The van der Waals surface area contributed by atoms with Crippen molar-refractivity contribution in [2.24, 2.45) is 16.7 Å². The topological polar surface area (TPSA) is 0 Å². The van der Waals surface area contributed by atoms with Crippen LogP contribution in [-0.4, -0.2) is 36.0 Å². The Hall–Kier alpha value is 2.90. The van der Waals surface area contributed by atoms with Crippen LogP contribution in [0.25, 0.3) is 0 Å². The Morgan fingerprint density at radius 3 is 1.15 bits per heavy atom. The lowest BCUT2D eigenvalue weighted by Gasteiger charge is -2.48. The summed E-state index contributed by atoms with van der Waals surface area (Å²) in [5.41, 5.74) is -2.41. The average Bonchev–Trinajstić information content (AvgIpc) is 2.67. The number of hydrogen-bond acceptors (Lipinski definition) is 0. The van der Waals surface area contributed by atoms with Crippen LogP contribution < -0.4 is 0 Å². The lowest BCUT2D eigenvalue weighted by atomic mass is 9.69. The van der Waals surface area contributed by atoms with E-state index >= 15 is 0 Å². The van der Waals surface area contributed by atoms with E-state index in [2.05, 4.69) is 0 Å². The molecule has 118 valence electrons. The molecule has 0 heterocycles. The van der Waals surface area contributed by atoms with Crippen LogP contribution in [0.15, 0.2) is 0 Å². The van der Waals surface area contributed by atoms with E-state index in [1.54, 1.807) is 0 Å². The smallest absolute Gasteiger partial charge is 0.117 e. The molecule has 0 radical (unpaired) electrons.